The van der Waals surface area contributed by atoms with Crippen LogP contribution < -0.4 is 26.7 Å². The predicted octanol–water partition coefficient (Wildman–Crippen LogP) is 3.64. The minimum atomic E-state index is -1.10. The van der Waals surface area contributed by atoms with Crippen molar-refractivity contribution in [2.24, 2.45) is 11.7 Å². The number of aromatic carboxylic acids is 1. The van der Waals surface area contributed by atoms with E-state index in [1.807, 2.05) is 32.9 Å². The first-order valence-corrected chi connectivity index (χ1v) is 15.7. The number of piperidine rings is 1. The molecular formula is C34H40N8O7. The van der Waals surface area contributed by atoms with E-state index >= 15 is 0 Å². The fourth-order valence-corrected chi connectivity index (χ4v) is 5.59. The molecule has 0 saturated carbocycles. The predicted molar refractivity (Wildman–Crippen MR) is 183 cm³/mol. The molecule has 0 radical (unpaired) electrons. The number of primary amides is 1. The Morgan fingerprint density at radius 3 is 2.02 bits per heavy atom. The van der Waals surface area contributed by atoms with Crippen molar-refractivity contribution in [1.29, 1.82) is 0 Å². The normalized spacial score (nSPS) is 13.8. The summed E-state index contributed by atoms with van der Waals surface area (Å²) in [7, 11) is 1.45. The quantitative estimate of drug-likeness (QED) is 0.149. The number of carboxylic acid groups (broad SMARTS) is 1. The molecule has 0 aliphatic carbocycles. The van der Waals surface area contributed by atoms with Crippen molar-refractivity contribution in [3.05, 3.63) is 47.5 Å². The number of nitrogens with zero attached hydrogens (tertiary/aromatic N) is 5. The van der Waals surface area contributed by atoms with Crippen molar-refractivity contribution >= 4 is 51.9 Å². The minimum absolute atomic E-state index is 0.0381. The number of hydrogen-bond acceptors (Lipinski definition) is 10. The summed E-state index contributed by atoms with van der Waals surface area (Å²) in [5.41, 5.74) is 19.7. The molecule has 7 N–H and O–H groups in total. The monoisotopic (exact) mass is 672 g/mol. The van der Waals surface area contributed by atoms with Crippen LogP contribution in [0.4, 0.5) is 16.7 Å². The number of nitrogens with two attached hydrogens (primary N) is 3. The van der Waals surface area contributed by atoms with E-state index in [1.165, 1.54) is 19.2 Å². The molecule has 0 bridgehead atoms. The van der Waals surface area contributed by atoms with Crippen molar-refractivity contribution in [1.82, 2.24) is 24.0 Å². The summed E-state index contributed by atoms with van der Waals surface area (Å²) >= 11 is 0. The van der Waals surface area contributed by atoms with Gasteiger partial charge in [-0.2, -0.15) is 0 Å². The van der Waals surface area contributed by atoms with Gasteiger partial charge in [0.2, 0.25) is 17.8 Å². The van der Waals surface area contributed by atoms with E-state index in [0.717, 1.165) is 12.8 Å². The second-order valence-electron chi connectivity index (χ2n) is 12.5. The van der Waals surface area contributed by atoms with Gasteiger partial charge in [0.1, 0.15) is 34.7 Å². The second-order valence-corrected chi connectivity index (χ2v) is 12.5. The standard InChI is InChI=1S/C34H40N8O7/c1-34(2,3)49-33(46)40-13-9-20(10-14-40)8-7-15-48-26-18-21(29(35)43)16-23-28(26)42(32(37)38-23)12-6-5-11-41-27-24(39-31(41)36)17-22(30(44)45)19-25(27)47-4/h5-6,16-20H,9-15H2,1-4H3,(H2,35,43)(H2,36,39)(H2,37,38)(H,44,45). The summed E-state index contributed by atoms with van der Waals surface area (Å²) in [6.07, 6.45) is 4.84. The average Bonchev–Trinajstić information content (AvgIpc) is 3.54. The first kappa shape index (κ1) is 34.4. The molecule has 2 aromatic heterocycles. The number of nitrogen functional groups attached to an aromatic ring is 2. The third-order valence-corrected chi connectivity index (χ3v) is 7.92. The highest BCUT2D eigenvalue weighted by Crippen LogP contribution is 2.31. The van der Waals surface area contributed by atoms with Crippen LogP contribution in [0.3, 0.4) is 0 Å². The average molecular weight is 673 g/mol. The number of hydrogen-bond donors (Lipinski definition) is 4. The third kappa shape index (κ3) is 7.81. The highest BCUT2D eigenvalue weighted by Gasteiger charge is 2.26. The number of ether oxygens (including phenoxy) is 3. The van der Waals surface area contributed by atoms with Gasteiger partial charge in [0.05, 0.1) is 23.7 Å². The Morgan fingerprint density at radius 2 is 1.49 bits per heavy atom. The summed E-state index contributed by atoms with van der Waals surface area (Å²) in [5.74, 6) is 5.74. The molecule has 2 aromatic carbocycles. The van der Waals surface area contributed by atoms with Crippen molar-refractivity contribution in [2.45, 2.75) is 52.3 Å². The molecule has 0 unspecified atom stereocenters. The number of methoxy groups -OCH3 is 1. The molecule has 0 atom stereocenters. The maximum Gasteiger partial charge on any atom is 0.410 e. The Kier molecular flexibility index (Phi) is 9.88. The number of amides is 2. The van der Waals surface area contributed by atoms with Gasteiger partial charge in [0.25, 0.3) is 0 Å². The zero-order chi connectivity index (χ0) is 35.5. The highest BCUT2D eigenvalue weighted by molar-refractivity contribution is 5.99. The molecule has 1 aliphatic rings. The number of benzene rings is 2. The first-order valence-electron chi connectivity index (χ1n) is 15.7. The molecule has 1 saturated heterocycles. The lowest BCUT2D eigenvalue weighted by atomic mass is 9.98. The van der Waals surface area contributed by atoms with E-state index in [-0.39, 0.29) is 41.6 Å². The lowest BCUT2D eigenvalue weighted by Gasteiger charge is -2.31. The van der Waals surface area contributed by atoms with Crippen LogP contribution in [0.15, 0.2) is 36.4 Å². The highest BCUT2D eigenvalue weighted by atomic mass is 16.6. The summed E-state index contributed by atoms with van der Waals surface area (Å²) in [4.78, 5) is 46.4. The molecule has 258 valence electrons. The Bertz CT molecular complexity index is 2000. The molecule has 3 heterocycles. The lowest BCUT2D eigenvalue weighted by molar-refractivity contribution is 0.0199. The first-order chi connectivity index (χ1) is 23.3. The fraction of sp³-hybridized carbons (Fsp3) is 0.382. The number of rotatable bonds is 9. The Labute approximate surface area is 282 Å². The molecule has 2 amide bonds. The van der Waals surface area contributed by atoms with Crippen LogP contribution in [0, 0.1) is 17.8 Å². The third-order valence-electron chi connectivity index (χ3n) is 7.92. The van der Waals surface area contributed by atoms with Crippen LogP contribution in [0.2, 0.25) is 0 Å². The van der Waals surface area contributed by atoms with E-state index in [4.69, 9.17) is 31.4 Å². The van der Waals surface area contributed by atoms with E-state index in [0.29, 0.717) is 59.7 Å². The SMILES string of the molecule is COc1cc(C(=O)O)cc2nc(N)n(CC=CCn3c(N)nc4cc(C(N)=O)cc(OCC#CC5CCN(C(=O)OC(C)(C)C)CC5)c43)c12. The van der Waals surface area contributed by atoms with Crippen LogP contribution in [0.1, 0.15) is 54.3 Å². The van der Waals surface area contributed by atoms with Gasteiger partial charge in [0.15, 0.2) is 0 Å². The van der Waals surface area contributed by atoms with E-state index in [2.05, 4.69) is 21.8 Å². The largest absolute Gasteiger partial charge is 0.494 e. The zero-order valence-corrected chi connectivity index (χ0v) is 27.9. The smallest absolute Gasteiger partial charge is 0.410 e. The molecule has 0 spiro atoms. The van der Waals surface area contributed by atoms with Crippen molar-refractivity contribution in [2.75, 3.05) is 38.3 Å². The van der Waals surface area contributed by atoms with Crippen LogP contribution in [-0.4, -0.2) is 79.5 Å². The number of aromatic nitrogens is 4. The number of carboxylic acids is 1. The van der Waals surface area contributed by atoms with E-state index in [1.54, 1.807) is 26.2 Å². The molecule has 49 heavy (non-hydrogen) atoms. The van der Waals surface area contributed by atoms with Crippen molar-refractivity contribution in [3.63, 3.8) is 0 Å². The van der Waals surface area contributed by atoms with E-state index in [9.17, 15) is 19.5 Å². The van der Waals surface area contributed by atoms with Crippen molar-refractivity contribution < 1.29 is 33.7 Å². The van der Waals surface area contributed by atoms with Gasteiger partial charge in [-0.3, -0.25) is 4.79 Å². The van der Waals surface area contributed by atoms with Gasteiger partial charge >= 0.3 is 12.1 Å². The number of fused-ring (bicyclic) bond motifs is 2. The van der Waals surface area contributed by atoms with Gasteiger partial charge in [0, 0.05) is 37.7 Å². The molecule has 5 rings (SSSR count). The molecule has 15 nitrogen and oxygen atoms in total. The molecule has 4 aromatic rings. The van der Waals surface area contributed by atoms with Gasteiger partial charge in [-0.15, -0.1) is 0 Å². The Balaban J connectivity index is 1.30. The van der Waals surface area contributed by atoms with Gasteiger partial charge in [-0.25, -0.2) is 19.6 Å². The summed E-state index contributed by atoms with van der Waals surface area (Å²) in [6, 6.07) is 5.97. The topological polar surface area (TPSA) is 216 Å². The molecular weight excluding hydrogens is 632 g/mol. The number of carbonyl (C=O) groups is 3. The number of anilines is 2. The lowest BCUT2D eigenvalue weighted by Crippen LogP contribution is -2.41. The van der Waals surface area contributed by atoms with E-state index < -0.39 is 17.5 Å². The van der Waals surface area contributed by atoms with Gasteiger partial charge in [-0.05, 0) is 57.9 Å². The number of carbonyl (C=O) groups excluding carboxylic acids is 2. The number of imidazole rings is 2. The summed E-state index contributed by atoms with van der Waals surface area (Å²) < 4.78 is 20.4. The fourth-order valence-electron chi connectivity index (χ4n) is 5.59. The minimum Gasteiger partial charge on any atom is -0.494 e. The second kappa shape index (κ2) is 14.1. The number of likely N-dealkylation sites (tertiary alicyclic amines) is 1. The van der Waals surface area contributed by atoms with Gasteiger partial charge < -0.3 is 50.6 Å². The van der Waals surface area contributed by atoms with Crippen LogP contribution in [-0.2, 0) is 17.8 Å². The zero-order valence-electron chi connectivity index (χ0n) is 27.9. The Hall–Kier alpha value is -5.91. The summed E-state index contributed by atoms with van der Waals surface area (Å²) in [6.45, 7) is 7.29. The Morgan fingerprint density at radius 1 is 0.939 bits per heavy atom. The van der Waals surface area contributed by atoms with Crippen molar-refractivity contribution in [3.8, 4) is 23.3 Å². The molecule has 1 fully saturated rings. The maximum atomic E-state index is 12.4. The molecule has 1 aliphatic heterocycles. The number of allylic oxidation sites excluding steroid dienone is 2. The van der Waals surface area contributed by atoms with Gasteiger partial charge in [-0.1, -0.05) is 24.0 Å². The van der Waals surface area contributed by atoms with Crippen LogP contribution in [0.25, 0.3) is 22.1 Å². The maximum absolute atomic E-state index is 12.4. The molecule has 15 heteroatoms. The van der Waals surface area contributed by atoms with Crippen LogP contribution in [0.5, 0.6) is 11.5 Å². The van der Waals surface area contributed by atoms with Crippen LogP contribution >= 0.6 is 0 Å². The summed E-state index contributed by atoms with van der Waals surface area (Å²) in [5, 5.41) is 9.42.